The third-order valence-corrected chi connectivity index (χ3v) is 10.7. The van der Waals surface area contributed by atoms with Gasteiger partial charge in [0.1, 0.15) is 11.0 Å². The molecule has 0 N–H and O–H groups in total. The summed E-state index contributed by atoms with van der Waals surface area (Å²) < 4.78 is 9.04. The molecular weight excluding hydrogens is 645 g/mol. The molecule has 0 spiro atoms. The first kappa shape index (κ1) is 30.9. The molecule has 0 atom stereocenters. The van der Waals surface area contributed by atoms with E-state index in [1.165, 1.54) is 54.8 Å². The van der Waals surface area contributed by atoms with E-state index in [0.717, 1.165) is 44.2 Å². The van der Waals surface area contributed by atoms with Crippen molar-refractivity contribution in [2.45, 2.75) is 6.92 Å². The SMILES string of the molecule is C\C=C/C=c1/oc2ccc(-c3ccc4c(c3)c3ccccc3n4-c3ccccc3)cc2/c1=C1\C=C(c2ccc3ccccc3c2)c2ccccc2N1C. The molecule has 252 valence electrons. The van der Waals surface area contributed by atoms with Gasteiger partial charge in [-0.15, -0.1) is 0 Å². The van der Waals surface area contributed by atoms with Crippen LogP contribution in [0.3, 0.4) is 0 Å². The molecule has 0 unspecified atom stereocenters. The molecule has 0 amide bonds. The standard InChI is InChI=1S/C50H36N2O/c1-3-4-22-49-50(47-32-41(39-18-10-12-20-44(39)51(47)2)37-24-23-33-14-8-9-15-34(33)29-37)43-31-36(26-28-48(43)53-49)35-25-27-46-42(30-35)40-19-11-13-21-45(40)52(46)38-16-6-5-7-17-38/h3-32H,1-2H3/b4-3-,49-22+,50-47-. The van der Waals surface area contributed by atoms with Gasteiger partial charge in [-0.1, -0.05) is 115 Å². The maximum Gasteiger partial charge on any atom is 0.137 e. The minimum atomic E-state index is 0.840. The van der Waals surface area contributed by atoms with Crippen molar-refractivity contribution in [1.82, 2.24) is 4.57 Å². The Hall–Kier alpha value is -6.84. The summed E-state index contributed by atoms with van der Waals surface area (Å²) in [5.74, 6) is 0. The number of likely N-dealkylation sites (N-methyl/N-ethyl adjacent to an activating group) is 1. The van der Waals surface area contributed by atoms with E-state index < -0.39 is 0 Å². The predicted molar refractivity (Wildman–Crippen MR) is 224 cm³/mol. The average Bonchev–Trinajstić information content (AvgIpc) is 3.75. The lowest BCUT2D eigenvalue weighted by Gasteiger charge is -2.30. The van der Waals surface area contributed by atoms with Crippen molar-refractivity contribution in [2.24, 2.45) is 0 Å². The fourth-order valence-electron chi connectivity index (χ4n) is 8.14. The number of aromatic nitrogens is 1. The van der Waals surface area contributed by atoms with Gasteiger partial charge in [0.25, 0.3) is 0 Å². The second-order valence-corrected chi connectivity index (χ2v) is 13.7. The van der Waals surface area contributed by atoms with Gasteiger partial charge in [0.2, 0.25) is 0 Å². The van der Waals surface area contributed by atoms with E-state index in [1.807, 2.05) is 13.0 Å². The summed E-state index contributed by atoms with van der Waals surface area (Å²) in [6, 6.07) is 56.9. The highest BCUT2D eigenvalue weighted by molar-refractivity contribution is 6.11. The Kier molecular flexibility index (Phi) is 7.26. The van der Waals surface area contributed by atoms with E-state index in [9.17, 15) is 0 Å². The van der Waals surface area contributed by atoms with Crippen LogP contribution in [0.2, 0.25) is 0 Å². The summed E-state index contributed by atoms with van der Waals surface area (Å²) in [4.78, 5) is 2.31. The minimum absolute atomic E-state index is 0.840. The molecule has 10 rings (SSSR count). The van der Waals surface area contributed by atoms with Crippen molar-refractivity contribution < 1.29 is 4.42 Å². The highest BCUT2D eigenvalue weighted by atomic mass is 16.3. The second kappa shape index (κ2) is 12.4. The van der Waals surface area contributed by atoms with Crippen molar-refractivity contribution in [3.63, 3.8) is 0 Å². The quantitative estimate of drug-likeness (QED) is 0.184. The molecule has 3 heteroatoms. The molecule has 0 saturated heterocycles. The summed E-state index contributed by atoms with van der Waals surface area (Å²) in [6.07, 6.45) is 8.54. The van der Waals surface area contributed by atoms with Crippen LogP contribution in [0.1, 0.15) is 18.1 Å². The number of fused-ring (bicyclic) bond motifs is 6. The molecule has 0 saturated carbocycles. The first-order chi connectivity index (χ1) is 26.2. The zero-order valence-electron chi connectivity index (χ0n) is 29.6. The third-order valence-electron chi connectivity index (χ3n) is 10.7. The average molecular weight is 681 g/mol. The molecule has 0 fully saturated rings. The maximum atomic E-state index is 6.67. The molecule has 1 aliphatic heterocycles. The molecule has 0 bridgehead atoms. The summed E-state index contributed by atoms with van der Waals surface area (Å²) in [6.45, 7) is 2.04. The van der Waals surface area contributed by atoms with Gasteiger partial charge in [-0.3, -0.25) is 0 Å². The van der Waals surface area contributed by atoms with Crippen LogP contribution in [0.5, 0.6) is 0 Å². The number of hydrogen-bond donors (Lipinski definition) is 0. The lowest BCUT2D eigenvalue weighted by atomic mass is 9.90. The van der Waals surface area contributed by atoms with Crippen molar-refractivity contribution >= 4 is 66.6 Å². The van der Waals surface area contributed by atoms with Gasteiger partial charge in [0.05, 0.1) is 21.9 Å². The molecule has 3 nitrogen and oxygen atoms in total. The van der Waals surface area contributed by atoms with Crippen molar-refractivity contribution in [3.8, 4) is 16.8 Å². The van der Waals surface area contributed by atoms with Crippen LogP contribution in [0.4, 0.5) is 5.69 Å². The fourth-order valence-corrected chi connectivity index (χ4v) is 8.14. The van der Waals surface area contributed by atoms with Gasteiger partial charge < -0.3 is 13.9 Å². The van der Waals surface area contributed by atoms with Crippen LogP contribution in [0, 0.1) is 0 Å². The fraction of sp³-hybridized carbons (Fsp3) is 0.0400. The third kappa shape index (κ3) is 5.04. The molecule has 53 heavy (non-hydrogen) atoms. The first-order valence-electron chi connectivity index (χ1n) is 18.2. The number of hydrogen-bond acceptors (Lipinski definition) is 2. The summed E-state index contributed by atoms with van der Waals surface area (Å²) in [7, 11) is 2.17. The second-order valence-electron chi connectivity index (χ2n) is 13.7. The summed E-state index contributed by atoms with van der Waals surface area (Å²) in [5.41, 5.74) is 13.4. The summed E-state index contributed by atoms with van der Waals surface area (Å²) >= 11 is 0. The topological polar surface area (TPSA) is 21.3 Å². The zero-order chi connectivity index (χ0) is 35.5. The number of benzene rings is 7. The lowest BCUT2D eigenvalue weighted by Crippen LogP contribution is -2.32. The van der Waals surface area contributed by atoms with Crippen molar-refractivity contribution in [3.05, 3.63) is 198 Å². The van der Waals surface area contributed by atoms with E-state index >= 15 is 0 Å². The Morgan fingerprint density at radius 2 is 1.26 bits per heavy atom. The van der Waals surface area contributed by atoms with E-state index in [2.05, 4.69) is 192 Å². The van der Waals surface area contributed by atoms with Crippen molar-refractivity contribution in [1.29, 1.82) is 0 Å². The molecule has 3 heterocycles. The van der Waals surface area contributed by atoms with Crippen LogP contribution >= 0.6 is 0 Å². The number of allylic oxidation sites excluding steroid dienone is 2. The monoisotopic (exact) mass is 680 g/mol. The molecule has 9 aromatic rings. The van der Waals surface area contributed by atoms with E-state index in [4.69, 9.17) is 4.42 Å². The molecule has 0 aliphatic carbocycles. The van der Waals surface area contributed by atoms with Gasteiger partial charge in [0, 0.05) is 40.1 Å². The smallest absolute Gasteiger partial charge is 0.137 e. The number of para-hydroxylation sites is 3. The molecule has 2 aromatic heterocycles. The molecule has 1 aliphatic rings. The Morgan fingerprint density at radius 3 is 2.13 bits per heavy atom. The van der Waals surface area contributed by atoms with E-state index in [0.29, 0.717) is 0 Å². The lowest BCUT2D eigenvalue weighted by molar-refractivity contribution is 0.575. The maximum absolute atomic E-state index is 6.67. The normalized spacial score (nSPS) is 14.6. The molecule has 0 radical (unpaired) electrons. The van der Waals surface area contributed by atoms with Gasteiger partial charge in [-0.05, 0) is 107 Å². The Bertz CT molecular complexity index is 3080. The molecular formula is C50H36N2O. The van der Waals surface area contributed by atoms with Gasteiger partial charge in [0.15, 0.2) is 0 Å². The highest BCUT2D eigenvalue weighted by Gasteiger charge is 2.23. The number of nitrogens with zero attached hydrogens (tertiary/aromatic N) is 2. The Morgan fingerprint density at radius 1 is 0.566 bits per heavy atom. The highest BCUT2D eigenvalue weighted by Crippen LogP contribution is 2.40. The van der Waals surface area contributed by atoms with E-state index in [1.54, 1.807) is 0 Å². The van der Waals surface area contributed by atoms with Crippen LogP contribution in [0.15, 0.2) is 180 Å². The van der Waals surface area contributed by atoms with E-state index in [-0.39, 0.29) is 0 Å². The zero-order valence-corrected chi connectivity index (χ0v) is 29.6. The molecule has 7 aromatic carbocycles. The Labute approximate surface area is 308 Å². The first-order valence-corrected chi connectivity index (χ1v) is 18.2. The van der Waals surface area contributed by atoms with Crippen LogP contribution < -0.4 is 15.5 Å². The van der Waals surface area contributed by atoms with Gasteiger partial charge in [-0.2, -0.15) is 0 Å². The van der Waals surface area contributed by atoms with Gasteiger partial charge in [-0.25, -0.2) is 0 Å². The number of anilines is 1. The predicted octanol–water partition coefficient (Wildman–Crippen LogP) is 11.4. The van der Waals surface area contributed by atoms with Crippen molar-refractivity contribution in [2.75, 3.05) is 11.9 Å². The Balaban J connectivity index is 1.22. The number of rotatable bonds is 4. The van der Waals surface area contributed by atoms with Gasteiger partial charge >= 0.3 is 0 Å². The number of furan rings is 1. The van der Waals surface area contributed by atoms with Crippen LogP contribution in [-0.4, -0.2) is 11.6 Å². The summed E-state index contributed by atoms with van der Waals surface area (Å²) in [5, 5.41) is 7.11. The van der Waals surface area contributed by atoms with Crippen LogP contribution in [-0.2, 0) is 0 Å². The van der Waals surface area contributed by atoms with Crippen LogP contribution in [0.25, 0.3) is 77.7 Å². The minimum Gasteiger partial charge on any atom is -0.456 e. The largest absolute Gasteiger partial charge is 0.456 e.